The molecule has 3 N–H and O–H groups in total. The summed E-state index contributed by atoms with van der Waals surface area (Å²) in [5.41, 5.74) is 0. The summed E-state index contributed by atoms with van der Waals surface area (Å²) in [6.07, 6.45) is 30.4. The molecule has 0 aliphatic rings. The average molecular weight is 483 g/mol. The molecule has 1 unspecified atom stereocenters. The van der Waals surface area contributed by atoms with Crippen molar-refractivity contribution in [2.24, 2.45) is 0 Å². The molecule has 8 heteroatoms. The molecule has 0 aliphatic carbocycles. The smallest absolute Gasteiger partial charge is 0.463 e. The van der Waals surface area contributed by atoms with Crippen molar-refractivity contribution in [3.05, 3.63) is 72.9 Å². The lowest BCUT2D eigenvalue weighted by Gasteiger charge is -2.11. The predicted octanol–water partition coefficient (Wildman–Crippen LogP) is 5.48. The molecule has 0 aromatic rings. The van der Waals surface area contributed by atoms with E-state index in [-0.39, 0.29) is 13.0 Å². The molecule has 0 aromatic carbocycles. The number of allylic oxidation sites excluding steroid dienone is 12. The molecule has 7 nitrogen and oxygen atoms in total. The van der Waals surface area contributed by atoms with Gasteiger partial charge in [-0.15, -0.1) is 0 Å². The third-order valence-electron chi connectivity index (χ3n) is 3.98. The highest BCUT2D eigenvalue weighted by atomic mass is 31.2. The molecular weight excluding hydrogens is 443 g/mol. The lowest BCUT2D eigenvalue weighted by atomic mass is 10.2. The Hall–Kier alpha value is -2.02. The van der Waals surface area contributed by atoms with Crippen LogP contribution in [0.2, 0.25) is 0 Å². The summed E-state index contributed by atoms with van der Waals surface area (Å²) in [4.78, 5) is 28.6. The van der Waals surface area contributed by atoms with Gasteiger partial charge in [-0.1, -0.05) is 79.8 Å². The van der Waals surface area contributed by atoms with E-state index in [4.69, 9.17) is 14.5 Å². The molecule has 0 rings (SSSR count). The monoisotopic (exact) mass is 482 g/mol. The normalized spacial score (nSPS) is 14.2. The van der Waals surface area contributed by atoms with Crippen LogP contribution in [-0.2, 0) is 18.6 Å². The van der Waals surface area contributed by atoms with E-state index in [0.29, 0.717) is 6.42 Å². The van der Waals surface area contributed by atoms with Crippen molar-refractivity contribution >= 4 is 13.8 Å². The van der Waals surface area contributed by atoms with E-state index in [0.717, 1.165) is 38.5 Å². The van der Waals surface area contributed by atoms with Crippen LogP contribution in [0.3, 0.4) is 0 Å². The van der Waals surface area contributed by atoms with Gasteiger partial charge in [0.25, 0.3) is 0 Å². The summed E-state index contributed by atoms with van der Waals surface area (Å²) >= 11 is 0. The second-order valence-electron chi connectivity index (χ2n) is 7.08. The van der Waals surface area contributed by atoms with Crippen LogP contribution in [0, 0.1) is 0 Å². The standard InChI is InChI=1S/C25H39O7P/c1-2-3-4-5-6-7-8-9-10-11-12-13-14-15-16-17-18-19-20-21-25(27)31-22-24(26)23-32-33(28,29)30/h3-4,6-7,9-10,12-13,15-16,18-19,24,26H,2,5,8,11,14,17,20-23H2,1H3,(H2,28,29,30). The van der Waals surface area contributed by atoms with Crippen molar-refractivity contribution in [2.75, 3.05) is 13.2 Å². The fourth-order valence-electron chi connectivity index (χ4n) is 2.33. The number of phosphoric ester groups is 1. The molecule has 1 atom stereocenters. The van der Waals surface area contributed by atoms with Crippen LogP contribution in [0.25, 0.3) is 0 Å². The number of carbonyl (C=O) groups excluding carboxylic acids is 1. The topological polar surface area (TPSA) is 113 Å². The number of carbonyl (C=O) groups is 1. The SMILES string of the molecule is CCC=CCC=CCC=CCC=CCC=CCC=CCCC(=O)OCC(O)COP(=O)(O)O. The Balaban J connectivity index is 3.67. The van der Waals surface area contributed by atoms with Crippen molar-refractivity contribution in [2.45, 2.75) is 64.4 Å². The molecule has 0 spiro atoms. The molecular formula is C25H39O7P. The Labute approximate surface area is 198 Å². The molecule has 0 saturated heterocycles. The molecule has 33 heavy (non-hydrogen) atoms. The first-order valence-corrected chi connectivity index (χ1v) is 12.8. The van der Waals surface area contributed by atoms with Gasteiger partial charge >= 0.3 is 13.8 Å². The average Bonchev–Trinajstić information content (AvgIpc) is 2.77. The predicted molar refractivity (Wildman–Crippen MR) is 132 cm³/mol. The van der Waals surface area contributed by atoms with Crippen LogP contribution in [0.15, 0.2) is 72.9 Å². The Kier molecular flexibility index (Phi) is 20.5. The summed E-state index contributed by atoms with van der Waals surface area (Å²) in [6.45, 7) is 1.15. The maximum atomic E-state index is 11.5. The highest BCUT2D eigenvalue weighted by Crippen LogP contribution is 2.35. The van der Waals surface area contributed by atoms with Crippen LogP contribution < -0.4 is 0 Å². The van der Waals surface area contributed by atoms with Gasteiger partial charge in [-0.05, 0) is 44.9 Å². The largest absolute Gasteiger partial charge is 0.469 e. The minimum absolute atomic E-state index is 0.161. The Morgan fingerprint density at radius 2 is 1.18 bits per heavy atom. The minimum atomic E-state index is -4.64. The highest BCUT2D eigenvalue weighted by Gasteiger charge is 2.17. The Morgan fingerprint density at radius 1 is 0.758 bits per heavy atom. The second kappa shape index (κ2) is 21.8. The van der Waals surface area contributed by atoms with E-state index in [9.17, 15) is 14.5 Å². The zero-order valence-electron chi connectivity index (χ0n) is 19.5. The molecule has 0 radical (unpaired) electrons. The summed E-state index contributed by atoms with van der Waals surface area (Å²) in [5.74, 6) is -0.496. The molecule has 0 heterocycles. The number of ether oxygens (including phenoxy) is 1. The van der Waals surface area contributed by atoms with Crippen molar-refractivity contribution in [1.29, 1.82) is 0 Å². The number of esters is 1. The van der Waals surface area contributed by atoms with Crippen LogP contribution >= 0.6 is 7.82 Å². The maximum Gasteiger partial charge on any atom is 0.469 e. The maximum absolute atomic E-state index is 11.5. The fourth-order valence-corrected chi connectivity index (χ4v) is 2.70. The van der Waals surface area contributed by atoms with E-state index in [1.165, 1.54) is 0 Å². The third kappa shape index (κ3) is 26.1. The van der Waals surface area contributed by atoms with Gasteiger partial charge in [0.15, 0.2) is 0 Å². The Morgan fingerprint density at radius 3 is 1.61 bits per heavy atom. The molecule has 186 valence electrons. The molecule has 0 fully saturated rings. The van der Waals surface area contributed by atoms with Crippen LogP contribution in [0.1, 0.15) is 58.3 Å². The summed E-state index contributed by atoms with van der Waals surface area (Å²) < 4.78 is 19.4. The van der Waals surface area contributed by atoms with Crippen molar-refractivity contribution in [3.63, 3.8) is 0 Å². The zero-order chi connectivity index (χ0) is 24.6. The van der Waals surface area contributed by atoms with Crippen molar-refractivity contribution in [3.8, 4) is 0 Å². The van der Waals surface area contributed by atoms with E-state index < -0.39 is 26.5 Å². The van der Waals surface area contributed by atoms with Crippen LogP contribution in [-0.4, -0.2) is 40.2 Å². The van der Waals surface area contributed by atoms with Gasteiger partial charge in [0.05, 0.1) is 6.61 Å². The van der Waals surface area contributed by atoms with Crippen molar-refractivity contribution in [1.82, 2.24) is 0 Å². The molecule has 0 aromatic heterocycles. The van der Waals surface area contributed by atoms with Gasteiger partial charge in [-0.3, -0.25) is 9.32 Å². The first kappa shape index (κ1) is 31.0. The lowest BCUT2D eigenvalue weighted by Crippen LogP contribution is -2.23. The van der Waals surface area contributed by atoms with Gasteiger partial charge in [-0.25, -0.2) is 4.57 Å². The summed E-state index contributed by atoms with van der Waals surface area (Å²) in [7, 11) is -4.64. The third-order valence-corrected chi connectivity index (χ3v) is 4.47. The van der Waals surface area contributed by atoms with Crippen LogP contribution in [0.4, 0.5) is 0 Å². The van der Waals surface area contributed by atoms with E-state index in [2.05, 4.69) is 72.2 Å². The van der Waals surface area contributed by atoms with Gasteiger partial charge in [0, 0.05) is 6.42 Å². The van der Waals surface area contributed by atoms with Gasteiger partial charge in [0.1, 0.15) is 12.7 Å². The van der Waals surface area contributed by atoms with Gasteiger partial charge in [-0.2, -0.15) is 0 Å². The van der Waals surface area contributed by atoms with E-state index in [1.54, 1.807) is 0 Å². The second-order valence-corrected chi connectivity index (χ2v) is 8.32. The van der Waals surface area contributed by atoms with Gasteiger partial charge in [0.2, 0.25) is 0 Å². The van der Waals surface area contributed by atoms with Crippen molar-refractivity contribution < 1.29 is 33.5 Å². The molecule has 0 aliphatic heterocycles. The summed E-state index contributed by atoms with van der Waals surface area (Å²) in [6, 6.07) is 0. The quantitative estimate of drug-likeness (QED) is 0.127. The highest BCUT2D eigenvalue weighted by molar-refractivity contribution is 7.46. The number of phosphoric acid groups is 1. The minimum Gasteiger partial charge on any atom is -0.463 e. The molecule has 0 amide bonds. The van der Waals surface area contributed by atoms with Crippen LogP contribution in [0.5, 0.6) is 0 Å². The van der Waals surface area contributed by atoms with E-state index in [1.807, 2.05) is 12.2 Å². The zero-order valence-corrected chi connectivity index (χ0v) is 20.4. The first-order chi connectivity index (χ1) is 15.8. The number of aliphatic hydroxyl groups excluding tert-OH is 1. The van der Waals surface area contributed by atoms with Gasteiger partial charge < -0.3 is 19.6 Å². The van der Waals surface area contributed by atoms with E-state index >= 15 is 0 Å². The first-order valence-electron chi connectivity index (χ1n) is 11.3. The lowest BCUT2D eigenvalue weighted by molar-refractivity contribution is -0.147. The molecule has 0 bridgehead atoms. The summed E-state index contributed by atoms with van der Waals surface area (Å²) in [5, 5.41) is 9.42. The fraction of sp³-hybridized carbons (Fsp3) is 0.480. The number of hydrogen-bond acceptors (Lipinski definition) is 5. The number of aliphatic hydroxyl groups is 1. The Bertz CT molecular complexity index is 714. The molecule has 0 saturated carbocycles. The number of rotatable bonds is 19. The number of hydrogen-bond donors (Lipinski definition) is 3.